The molecule has 2 N–H and O–H groups in total. The maximum Gasteiger partial charge on any atom is 0.299 e. The van der Waals surface area contributed by atoms with E-state index in [1.807, 2.05) is 0 Å². The molecular weight excluding hydrogens is 253 g/mol. The lowest BCUT2D eigenvalue weighted by molar-refractivity contribution is 0.436. The Morgan fingerprint density at radius 1 is 1.44 bits per heavy atom. The second-order valence-electron chi connectivity index (χ2n) is 2.82. The van der Waals surface area contributed by atoms with Crippen molar-refractivity contribution < 1.29 is 9.13 Å². The first-order valence-corrected chi connectivity index (χ1v) is 5.54. The minimum atomic E-state index is -0.617. The van der Waals surface area contributed by atoms with Crippen molar-refractivity contribution in [3.05, 3.63) is 34.0 Å². The summed E-state index contributed by atoms with van der Waals surface area (Å²) in [7, 11) is 0. The second kappa shape index (κ2) is 4.73. The highest BCUT2D eigenvalue weighted by molar-refractivity contribution is 7.13. The zero-order chi connectivity index (χ0) is 11.5. The maximum absolute atomic E-state index is 13.5. The average Bonchev–Trinajstić information content (AvgIpc) is 2.73. The summed E-state index contributed by atoms with van der Waals surface area (Å²) in [6, 6.07) is 4.49. The molecule has 0 bridgehead atoms. The summed E-state index contributed by atoms with van der Waals surface area (Å²) in [4.78, 5) is 0. The minimum absolute atomic E-state index is 0.000985. The van der Waals surface area contributed by atoms with Gasteiger partial charge in [-0.3, -0.25) is 0 Å². The van der Waals surface area contributed by atoms with E-state index < -0.39 is 5.82 Å². The third-order valence-corrected chi connectivity index (χ3v) is 2.85. The standard InChI is InChI=1S/C9H7ClFN3OS/c10-5-2-1-3-6(8(5)11)15-9-14-13-7(4-12)16-9/h1-3H,4,12H2. The fourth-order valence-electron chi connectivity index (χ4n) is 1.02. The first-order valence-electron chi connectivity index (χ1n) is 4.35. The van der Waals surface area contributed by atoms with E-state index in [1.54, 1.807) is 6.07 Å². The number of nitrogens with zero attached hydrogens (tertiary/aromatic N) is 2. The molecule has 0 aliphatic carbocycles. The highest BCUT2D eigenvalue weighted by atomic mass is 35.5. The Kier molecular flexibility index (Phi) is 3.33. The van der Waals surface area contributed by atoms with E-state index in [0.717, 1.165) is 11.3 Å². The number of hydrogen-bond donors (Lipinski definition) is 1. The van der Waals surface area contributed by atoms with Gasteiger partial charge in [-0.15, -0.1) is 5.10 Å². The van der Waals surface area contributed by atoms with Gasteiger partial charge in [-0.2, -0.15) is 0 Å². The van der Waals surface area contributed by atoms with E-state index in [4.69, 9.17) is 22.1 Å². The summed E-state index contributed by atoms with van der Waals surface area (Å²) in [5.74, 6) is -0.596. The summed E-state index contributed by atoms with van der Waals surface area (Å²) in [5, 5.41) is 8.32. The van der Waals surface area contributed by atoms with Crippen LogP contribution in [0.4, 0.5) is 4.39 Å². The molecule has 0 radical (unpaired) electrons. The Hall–Kier alpha value is -1.24. The molecule has 4 nitrogen and oxygen atoms in total. The molecule has 1 aromatic carbocycles. The van der Waals surface area contributed by atoms with Crippen molar-refractivity contribution in [2.45, 2.75) is 6.54 Å². The molecule has 0 aliphatic rings. The molecule has 0 saturated carbocycles. The molecule has 0 fully saturated rings. The van der Waals surface area contributed by atoms with Gasteiger partial charge in [0.15, 0.2) is 11.6 Å². The highest BCUT2D eigenvalue weighted by Crippen LogP contribution is 2.30. The summed E-state index contributed by atoms with van der Waals surface area (Å²) >= 11 is 6.77. The molecular formula is C9H7ClFN3OS. The molecule has 7 heteroatoms. The van der Waals surface area contributed by atoms with Gasteiger partial charge in [0, 0.05) is 6.54 Å². The molecule has 0 saturated heterocycles. The molecule has 16 heavy (non-hydrogen) atoms. The molecule has 0 unspecified atom stereocenters. The second-order valence-corrected chi connectivity index (χ2v) is 4.25. The Morgan fingerprint density at radius 3 is 2.94 bits per heavy atom. The number of benzene rings is 1. The van der Waals surface area contributed by atoms with Crippen LogP contribution >= 0.6 is 22.9 Å². The van der Waals surface area contributed by atoms with Gasteiger partial charge in [-0.1, -0.05) is 34.1 Å². The Bertz CT molecular complexity index is 505. The Balaban J connectivity index is 2.23. The molecule has 2 aromatic rings. The van der Waals surface area contributed by atoms with E-state index in [-0.39, 0.29) is 22.5 Å². The van der Waals surface area contributed by atoms with Gasteiger partial charge in [0.1, 0.15) is 5.01 Å². The lowest BCUT2D eigenvalue weighted by Gasteiger charge is -2.02. The van der Waals surface area contributed by atoms with Crippen LogP contribution in [0, 0.1) is 5.82 Å². The van der Waals surface area contributed by atoms with Crippen molar-refractivity contribution in [1.82, 2.24) is 10.2 Å². The number of ether oxygens (including phenoxy) is 1. The maximum atomic E-state index is 13.5. The van der Waals surface area contributed by atoms with Crippen LogP contribution < -0.4 is 10.5 Å². The van der Waals surface area contributed by atoms with E-state index in [0.29, 0.717) is 5.01 Å². The van der Waals surface area contributed by atoms with Gasteiger partial charge in [0.25, 0.3) is 5.19 Å². The van der Waals surface area contributed by atoms with Gasteiger partial charge in [-0.05, 0) is 12.1 Å². The van der Waals surface area contributed by atoms with Crippen LogP contribution in [0.25, 0.3) is 0 Å². The normalized spacial score (nSPS) is 10.4. The number of nitrogens with two attached hydrogens (primary N) is 1. The van der Waals surface area contributed by atoms with Crippen molar-refractivity contribution in [3.63, 3.8) is 0 Å². The monoisotopic (exact) mass is 259 g/mol. The summed E-state index contributed by atoms with van der Waals surface area (Å²) < 4.78 is 18.7. The smallest absolute Gasteiger partial charge is 0.299 e. The first kappa shape index (κ1) is 11.3. The van der Waals surface area contributed by atoms with Crippen molar-refractivity contribution in [2.24, 2.45) is 5.73 Å². The van der Waals surface area contributed by atoms with Crippen LogP contribution in [-0.2, 0) is 6.54 Å². The minimum Gasteiger partial charge on any atom is -0.427 e. The summed E-state index contributed by atoms with van der Waals surface area (Å²) in [5.41, 5.74) is 5.37. The third kappa shape index (κ3) is 2.29. The molecule has 1 aromatic heterocycles. The SMILES string of the molecule is NCc1nnc(Oc2cccc(Cl)c2F)s1. The predicted molar refractivity (Wildman–Crippen MR) is 59.3 cm³/mol. The van der Waals surface area contributed by atoms with Crippen LogP contribution in [0.5, 0.6) is 10.9 Å². The van der Waals surface area contributed by atoms with E-state index in [1.165, 1.54) is 12.1 Å². The van der Waals surface area contributed by atoms with Crippen molar-refractivity contribution >= 4 is 22.9 Å². The topological polar surface area (TPSA) is 61.0 Å². The van der Waals surface area contributed by atoms with Gasteiger partial charge in [0.2, 0.25) is 0 Å². The number of rotatable bonds is 3. The molecule has 0 atom stereocenters. The zero-order valence-electron chi connectivity index (χ0n) is 7.98. The first-order chi connectivity index (χ1) is 7.70. The Labute approximate surface area is 99.8 Å². The van der Waals surface area contributed by atoms with Crippen molar-refractivity contribution in [3.8, 4) is 10.9 Å². The van der Waals surface area contributed by atoms with Crippen LogP contribution in [0.15, 0.2) is 18.2 Å². The molecule has 2 rings (SSSR count). The highest BCUT2D eigenvalue weighted by Gasteiger charge is 2.11. The molecule has 0 spiro atoms. The lowest BCUT2D eigenvalue weighted by atomic mass is 10.3. The van der Waals surface area contributed by atoms with E-state index >= 15 is 0 Å². The van der Waals surface area contributed by atoms with E-state index in [2.05, 4.69) is 10.2 Å². The van der Waals surface area contributed by atoms with Crippen LogP contribution in [0.3, 0.4) is 0 Å². The van der Waals surface area contributed by atoms with Crippen molar-refractivity contribution in [1.29, 1.82) is 0 Å². The molecule has 1 heterocycles. The van der Waals surface area contributed by atoms with Gasteiger partial charge in [-0.25, -0.2) is 4.39 Å². The number of hydrogen-bond acceptors (Lipinski definition) is 5. The Morgan fingerprint density at radius 2 is 2.25 bits per heavy atom. The fourth-order valence-corrected chi connectivity index (χ4v) is 1.76. The average molecular weight is 260 g/mol. The zero-order valence-corrected chi connectivity index (χ0v) is 9.56. The number of halogens is 2. The lowest BCUT2D eigenvalue weighted by Crippen LogP contribution is -1.94. The largest absolute Gasteiger partial charge is 0.427 e. The fraction of sp³-hybridized carbons (Fsp3) is 0.111. The quantitative estimate of drug-likeness (QED) is 0.920. The molecule has 0 amide bonds. The molecule has 84 valence electrons. The number of aromatic nitrogens is 2. The van der Waals surface area contributed by atoms with E-state index in [9.17, 15) is 4.39 Å². The summed E-state index contributed by atoms with van der Waals surface area (Å²) in [6.07, 6.45) is 0. The summed E-state index contributed by atoms with van der Waals surface area (Å²) in [6.45, 7) is 0.277. The van der Waals surface area contributed by atoms with Gasteiger partial charge < -0.3 is 10.5 Å². The van der Waals surface area contributed by atoms with Gasteiger partial charge in [0.05, 0.1) is 5.02 Å². The van der Waals surface area contributed by atoms with Gasteiger partial charge >= 0.3 is 0 Å². The third-order valence-electron chi connectivity index (χ3n) is 1.74. The van der Waals surface area contributed by atoms with Crippen LogP contribution in [0.2, 0.25) is 5.02 Å². The van der Waals surface area contributed by atoms with Crippen molar-refractivity contribution in [2.75, 3.05) is 0 Å². The van der Waals surface area contributed by atoms with Crippen LogP contribution in [-0.4, -0.2) is 10.2 Å². The molecule has 0 aliphatic heterocycles. The van der Waals surface area contributed by atoms with Crippen LogP contribution in [0.1, 0.15) is 5.01 Å². The predicted octanol–water partition coefficient (Wildman–Crippen LogP) is 2.58.